The first-order valence-electron chi connectivity index (χ1n) is 5.88. The normalized spacial score (nSPS) is 11.5. The Labute approximate surface area is 112 Å². The van der Waals surface area contributed by atoms with Crippen LogP contribution in [0.4, 0.5) is 0 Å². The molecule has 0 aliphatic carbocycles. The van der Waals surface area contributed by atoms with Crippen LogP contribution in [0.3, 0.4) is 0 Å². The van der Waals surface area contributed by atoms with Crippen molar-refractivity contribution in [3.05, 3.63) is 29.8 Å². The van der Waals surface area contributed by atoms with Gasteiger partial charge in [-0.2, -0.15) is 0 Å². The molecule has 19 heavy (non-hydrogen) atoms. The summed E-state index contributed by atoms with van der Waals surface area (Å²) in [7, 11) is 4.19. The van der Waals surface area contributed by atoms with E-state index in [2.05, 4.69) is 4.74 Å². The van der Waals surface area contributed by atoms with Gasteiger partial charge in [0.1, 0.15) is 5.75 Å². The lowest BCUT2D eigenvalue weighted by Crippen LogP contribution is -2.22. The van der Waals surface area contributed by atoms with Crippen molar-refractivity contribution in [1.82, 2.24) is 0 Å². The van der Waals surface area contributed by atoms with Crippen molar-refractivity contribution in [2.45, 2.75) is 12.8 Å². The van der Waals surface area contributed by atoms with Crippen LogP contribution in [-0.4, -0.2) is 33.3 Å². The van der Waals surface area contributed by atoms with Gasteiger partial charge in [0, 0.05) is 0 Å². The van der Waals surface area contributed by atoms with E-state index in [1.165, 1.54) is 14.2 Å². The largest absolute Gasteiger partial charge is 0.497 e. The van der Waals surface area contributed by atoms with Crippen LogP contribution in [0.25, 0.3) is 0 Å². The summed E-state index contributed by atoms with van der Waals surface area (Å²) in [6.07, 6.45) is 0.432. The number of carbonyl (C=O) groups is 2. The van der Waals surface area contributed by atoms with Gasteiger partial charge in [-0.3, -0.25) is 9.59 Å². The van der Waals surface area contributed by atoms with Crippen molar-refractivity contribution in [2.75, 3.05) is 21.3 Å². The highest BCUT2D eigenvalue weighted by molar-refractivity contribution is 5.80. The first kappa shape index (κ1) is 15.0. The summed E-state index contributed by atoms with van der Waals surface area (Å²) in [5, 5.41) is 0. The molecule has 0 heterocycles. The van der Waals surface area contributed by atoms with Crippen molar-refractivity contribution >= 4 is 11.9 Å². The minimum Gasteiger partial charge on any atom is -0.497 e. The lowest BCUT2D eigenvalue weighted by molar-refractivity contribution is -0.151. The number of hydrogen-bond donors (Lipinski definition) is 0. The van der Waals surface area contributed by atoms with E-state index >= 15 is 0 Å². The van der Waals surface area contributed by atoms with Gasteiger partial charge in [-0.1, -0.05) is 12.1 Å². The Morgan fingerprint density at radius 1 is 1.05 bits per heavy atom. The predicted molar refractivity (Wildman–Crippen MR) is 68.8 cm³/mol. The van der Waals surface area contributed by atoms with Gasteiger partial charge in [0.05, 0.1) is 33.7 Å². The van der Waals surface area contributed by atoms with E-state index in [-0.39, 0.29) is 6.42 Å². The Bertz CT molecular complexity index is 424. The summed E-state index contributed by atoms with van der Waals surface area (Å²) in [6.45, 7) is 0. The van der Waals surface area contributed by atoms with Crippen molar-refractivity contribution < 1.29 is 23.8 Å². The van der Waals surface area contributed by atoms with E-state index in [1.54, 1.807) is 7.11 Å². The Balaban J connectivity index is 2.75. The minimum atomic E-state index is -0.536. The van der Waals surface area contributed by atoms with E-state index in [9.17, 15) is 9.59 Å². The topological polar surface area (TPSA) is 61.8 Å². The quantitative estimate of drug-likeness (QED) is 0.732. The minimum absolute atomic E-state index is 0.00913. The van der Waals surface area contributed by atoms with E-state index in [1.807, 2.05) is 24.3 Å². The molecule has 0 saturated carbocycles. The van der Waals surface area contributed by atoms with Crippen molar-refractivity contribution in [3.63, 3.8) is 0 Å². The Morgan fingerprint density at radius 3 is 2.16 bits per heavy atom. The van der Waals surface area contributed by atoms with Crippen LogP contribution >= 0.6 is 0 Å². The molecule has 0 aromatic heterocycles. The van der Waals surface area contributed by atoms with Gasteiger partial charge in [-0.25, -0.2) is 0 Å². The monoisotopic (exact) mass is 266 g/mol. The van der Waals surface area contributed by atoms with Crippen LogP contribution in [0, 0.1) is 5.92 Å². The molecule has 0 aliphatic heterocycles. The molecule has 0 radical (unpaired) electrons. The third kappa shape index (κ3) is 4.62. The number of ether oxygens (including phenoxy) is 3. The van der Waals surface area contributed by atoms with Gasteiger partial charge in [-0.05, 0) is 24.1 Å². The molecule has 0 aliphatic rings. The molecule has 0 N–H and O–H groups in total. The number of esters is 2. The average molecular weight is 266 g/mol. The molecule has 1 unspecified atom stereocenters. The van der Waals surface area contributed by atoms with Gasteiger partial charge in [-0.15, -0.1) is 0 Å². The fourth-order valence-corrected chi connectivity index (χ4v) is 1.74. The maximum atomic E-state index is 11.6. The number of benzene rings is 1. The van der Waals surface area contributed by atoms with E-state index in [0.29, 0.717) is 6.42 Å². The van der Waals surface area contributed by atoms with Gasteiger partial charge in [0.25, 0.3) is 0 Å². The highest BCUT2D eigenvalue weighted by Crippen LogP contribution is 2.18. The van der Waals surface area contributed by atoms with Crippen LogP contribution in [0.15, 0.2) is 24.3 Å². The van der Waals surface area contributed by atoms with Crippen LogP contribution < -0.4 is 4.74 Å². The number of carbonyl (C=O) groups excluding carboxylic acids is 2. The van der Waals surface area contributed by atoms with Crippen molar-refractivity contribution in [1.29, 1.82) is 0 Å². The number of methoxy groups -OCH3 is 3. The Morgan fingerprint density at radius 2 is 1.68 bits per heavy atom. The van der Waals surface area contributed by atoms with E-state index in [4.69, 9.17) is 9.47 Å². The zero-order valence-electron chi connectivity index (χ0n) is 11.3. The van der Waals surface area contributed by atoms with Crippen LogP contribution in [-0.2, 0) is 25.5 Å². The third-order valence-corrected chi connectivity index (χ3v) is 2.82. The summed E-state index contributed by atoms with van der Waals surface area (Å²) in [5.41, 5.74) is 0.931. The maximum absolute atomic E-state index is 11.6. The fourth-order valence-electron chi connectivity index (χ4n) is 1.74. The molecule has 0 amide bonds. The fraction of sp³-hybridized carbons (Fsp3) is 0.429. The maximum Gasteiger partial charge on any atom is 0.309 e. The molecular weight excluding hydrogens is 248 g/mol. The van der Waals surface area contributed by atoms with Gasteiger partial charge >= 0.3 is 11.9 Å². The van der Waals surface area contributed by atoms with Gasteiger partial charge < -0.3 is 14.2 Å². The number of rotatable bonds is 6. The van der Waals surface area contributed by atoms with E-state index < -0.39 is 17.9 Å². The molecule has 0 fully saturated rings. The molecule has 1 aromatic carbocycles. The van der Waals surface area contributed by atoms with Crippen LogP contribution in [0.5, 0.6) is 5.75 Å². The second-order valence-electron chi connectivity index (χ2n) is 4.05. The molecule has 0 bridgehead atoms. The van der Waals surface area contributed by atoms with Crippen molar-refractivity contribution in [2.24, 2.45) is 5.92 Å². The first-order chi connectivity index (χ1) is 9.10. The van der Waals surface area contributed by atoms with Gasteiger partial charge in [0.15, 0.2) is 0 Å². The molecule has 0 spiro atoms. The van der Waals surface area contributed by atoms with Crippen LogP contribution in [0.2, 0.25) is 0 Å². The second kappa shape index (κ2) is 7.41. The molecular formula is C14H18O5. The standard InChI is InChI=1S/C14H18O5/c1-17-12-6-4-10(5-7-12)8-11(14(16)19-3)9-13(15)18-2/h4-7,11H,8-9H2,1-3H3. The predicted octanol–water partition coefficient (Wildman–Crippen LogP) is 1.59. The third-order valence-electron chi connectivity index (χ3n) is 2.82. The summed E-state index contributed by atoms with van der Waals surface area (Å²) >= 11 is 0. The summed E-state index contributed by atoms with van der Waals surface area (Å²) < 4.78 is 14.3. The zero-order chi connectivity index (χ0) is 14.3. The van der Waals surface area contributed by atoms with Crippen LogP contribution in [0.1, 0.15) is 12.0 Å². The SMILES string of the molecule is COC(=O)CC(Cc1ccc(OC)cc1)C(=O)OC. The highest BCUT2D eigenvalue weighted by Gasteiger charge is 2.23. The zero-order valence-corrected chi connectivity index (χ0v) is 11.3. The molecule has 1 atom stereocenters. The van der Waals surface area contributed by atoms with E-state index in [0.717, 1.165) is 11.3 Å². The first-order valence-corrected chi connectivity index (χ1v) is 5.88. The number of hydrogen-bond acceptors (Lipinski definition) is 5. The Kier molecular flexibility index (Phi) is 5.85. The lowest BCUT2D eigenvalue weighted by atomic mass is 9.96. The summed E-state index contributed by atoms with van der Waals surface area (Å²) in [5.74, 6) is -0.637. The van der Waals surface area contributed by atoms with Crippen molar-refractivity contribution in [3.8, 4) is 5.75 Å². The average Bonchev–Trinajstić information content (AvgIpc) is 2.46. The molecule has 5 heteroatoms. The lowest BCUT2D eigenvalue weighted by Gasteiger charge is -2.13. The highest BCUT2D eigenvalue weighted by atomic mass is 16.5. The molecule has 104 valence electrons. The smallest absolute Gasteiger partial charge is 0.309 e. The molecule has 1 aromatic rings. The molecule has 1 rings (SSSR count). The molecule has 5 nitrogen and oxygen atoms in total. The Hall–Kier alpha value is -2.04. The summed E-state index contributed by atoms with van der Waals surface area (Å²) in [6, 6.07) is 7.32. The van der Waals surface area contributed by atoms with Gasteiger partial charge in [0.2, 0.25) is 0 Å². The second-order valence-corrected chi connectivity index (χ2v) is 4.05. The molecule has 0 saturated heterocycles. The summed E-state index contributed by atoms with van der Waals surface area (Å²) in [4.78, 5) is 22.9.